The van der Waals surface area contributed by atoms with Crippen molar-refractivity contribution in [2.75, 3.05) is 0 Å². The van der Waals surface area contributed by atoms with Crippen molar-refractivity contribution in [2.45, 2.75) is 3.43 Å². The van der Waals surface area contributed by atoms with Crippen molar-refractivity contribution >= 4 is 21.1 Å². The van der Waals surface area contributed by atoms with Gasteiger partial charge in [-0.05, 0) is 0 Å². The predicted octanol–water partition coefficient (Wildman–Crippen LogP) is 3.76. The van der Waals surface area contributed by atoms with Gasteiger partial charge in [0.1, 0.15) is 0 Å². The summed E-state index contributed by atoms with van der Waals surface area (Å²) in [6, 6.07) is 30.7. The van der Waals surface area contributed by atoms with Gasteiger partial charge < -0.3 is 0 Å². The normalized spacial score (nSPS) is 11.0. The summed E-state index contributed by atoms with van der Waals surface area (Å²) < 4.78 is 12.1. The zero-order chi connectivity index (χ0) is 14.5. The molecule has 0 aliphatic rings. The summed E-state index contributed by atoms with van der Waals surface area (Å²) >= 11 is -2.14. The molecule has 0 aliphatic carbocycles. The Morgan fingerprint density at radius 2 is 0.810 bits per heavy atom. The molecule has 3 aromatic carbocycles. The third-order valence-corrected chi connectivity index (χ3v) is 7.73. The van der Waals surface area contributed by atoms with Crippen molar-refractivity contribution in [3.8, 4) is 0 Å². The first kappa shape index (κ1) is 14.2. The fourth-order valence-electron chi connectivity index (χ4n) is 2.81. The average molecular weight is 379 g/mol. The second-order valence-corrected chi connectivity index (χ2v) is 8.17. The van der Waals surface area contributed by atoms with E-state index in [4.69, 9.17) is 0 Å². The Hall–Kier alpha value is -1.74. The summed E-state index contributed by atoms with van der Waals surface area (Å²) in [5.41, 5.74) is 3.37. The van der Waals surface area contributed by atoms with E-state index < -0.39 is 24.6 Å². The second-order valence-electron chi connectivity index (χ2n) is 5.02. The van der Waals surface area contributed by atoms with Crippen LogP contribution in [-0.4, -0.2) is 21.1 Å². The topological polar surface area (TPSA) is 17.1 Å². The van der Waals surface area contributed by atoms with Crippen LogP contribution in [0.3, 0.4) is 0 Å². The van der Waals surface area contributed by atoms with Gasteiger partial charge in [-0.3, -0.25) is 0 Å². The van der Waals surface area contributed by atoms with Crippen LogP contribution in [0, 0.1) is 0 Å². The first-order valence-corrected chi connectivity index (χ1v) is 10.00. The quantitative estimate of drug-likeness (QED) is 0.499. The molecule has 0 saturated heterocycles. The van der Waals surface area contributed by atoms with Gasteiger partial charge in [0.15, 0.2) is 0 Å². The second kappa shape index (κ2) is 6.35. The fourth-order valence-corrected chi connectivity index (χ4v) is 5.62. The number of benzene rings is 3. The molecule has 0 spiro atoms. The standard InChI is InChI=1S/C19H15.O.Sn.H/c1-4-10-16(11-5-1)19(17-12-6-2-7-13-17)18-14-8-3-9-15-18;;;/h1-15H;;;. The molecule has 102 valence electrons. The van der Waals surface area contributed by atoms with Crippen LogP contribution in [0.2, 0.25) is 0 Å². The zero-order valence-electron chi connectivity index (χ0n) is 11.6. The average Bonchev–Trinajstić information content (AvgIpc) is 2.59. The van der Waals surface area contributed by atoms with Crippen LogP contribution < -0.4 is 0 Å². The first-order chi connectivity index (χ1) is 10.4. The van der Waals surface area contributed by atoms with Gasteiger partial charge in [-0.15, -0.1) is 0 Å². The van der Waals surface area contributed by atoms with E-state index in [1.54, 1.807) is 0 Å². The Bertz CT molecular complexity index is 612. The van der Waals surface area contributed by atoms with E-state index in [0.29, 0.717) is 0 Å². The van der Waals surface area contributed by atoms with Crippen LogP contribution >= 0.6 is 0 Å². The molecule has 0 amide bonds. The van der Waals surface area contributed by atoms with Gasteiger partial charge >= 0.3 is 135 Å². The maximum atomic E-state index is 12.5. The van der Waals surface area contributed by atoms with E-state index in [0.717, 1.165) is 16.7 Å². The van der Waals surface area contributed by atoms with Gasteiger partial charge in [-0.1, -0.05) is 0 Å². The van der Waals surface area contributed by atoms with Crippen LogP contribution in [-0.2, 0) is 6.51 Å². The van der Waals surface area contributed by atoms with Crippen LogP contribution in [0.5, 0.6) is 0 Å². The van der Waals surface area contributed by atoms with E-state index in [1.807, 2.05) is 54.6 Å². The van der Waals surface area contributed by atoms with E-state index in [9.17, 15) is 3.08 Å². The minimum atomic E-state index is -2.14. The third kappa shape index (κ3) is 2.58. The first-order valence-electron chi connectivity index (χ1n) is 7.01. The molecule has 0 saturated carbocycles. The van der Waals surface area contributed by atoms with Crippen molar-refractivity contribution < 1.29 is 3.08 Å². The molecule has 0 radical (unpaired) electrons. The van der Waals surface area contributed by atoms with Gasteiger partial charge in [-0.2, -0.15) is 0 Å². The third-order valence-electron chi connectivity index (χ3n) is 3.86. The Morgan fingerprint density at radius 1 is 0.524 bits per heavy atom. The molecule has 0 fully saturated rings. The van der Waals surface area contributed by atoms with Crippen molar-refractivity contribution in [1.29, 1.82) is 0 Å². The summed E-state index contributed by atoms with van der Waals surface area (Å²) in [5, 5.41) is 0. The van der Waals surface area contributed by atoms with E-state index >= 15 is 0 Å². The van der Waals surface area contributed by atoms with Gasteiger partial charge in [0, 0.05) is 0 Å². The number of rotatable bonds is 4. The fraction of sp³-hybridized carbons (Fsp3) is 0.0526. The molecule has 0 aromatic heterocycles. The molecular formula is C19H16OSn. The Balaban J connectivity index is 2.31. The Kier molecular flexibility index (Phi) is 4.30. The molecule has 1 nitrogen and oxygen atoms in total. The van der Waals surface area contributed by atoms with Crippen molar-refractivity contribution in [1.82, 2.24) is 0 Å². The van der Waals surface area contributed by atoms with E-state index in [-0.39, 0.29) is 0 Å². The molecule has 0 heterocycles. The monoisotopic (exact) mass is 380 g/mol. The van der Waals surface area contributed by atoms with Crippen LogP contribution in [0.15, 0.2) is 91.0 Å². The van der Waals surface area contributed by atoms with E-state index in [1.165, 1.54) is 0 Å². The molecule has 0 N–H and O–H groups in total. The van der Waals surface area contributed by atoms with Gasteiger partial charge in [0.05, 0.1) is 0 Å². The summed E-state index contributed by atoms with van der Waals surface area (Å²) in [4.78, 5) is 0. The van der Waals surface area contributed by atoms with Crippen molar-refractivity contribution in [3.05, 3.63) is 108 Å². The maximum absolute atomic E-state index is 12.5. The summed E-state index contributed by atoms with van der Waals surface area (Å²) in [7, 11) is 0. The van der Waals surface area contributed by atoms with Crippen LogP contribution in [0.4, 0.5) is 0 Å². The molecule has 3 aromatic rings. The van der Waals surface area contributed by atoms with Gasteiger partial charge in [-0.25, -0.2) is 0 Å². The summed E-state index contributed by atoms with van der Waals surface area (Å²) in [6.07, 6.45) is 0. The Labute approximate surface area is 135 Å². The number of hydrogen-bond acceptors (Lipinski definition) is 1. The minimum absolute atomic E-state index is 0.445. The Morgan fingerprint density at radius 3 is 1.05 bits per heavy atom. The van der Waals surface area contributed by atoms with Crippen molar-refractivity contribution in [3.63, 3.8) is 0 Å². The summed E-state index contributed by atoms with van der Waals surface area (Å²) in [5.74, 6) is 0. The molecule has 21 heavy (non-hydrogen) atoms. The molecule has 0 unspecified atom stereocenters. The van der Waals surface area contributed by atoms with E-state index in [2.05, 4.69) is 36.4 Å². The summed E-state index contributed by atoms with van der Waals surface area (Å²) in [6.45, 7) is 0. The predicted molar refractivity (Wildman–Crippen MR) is 87.0 cm³/mol. The molecule has 0 atom stereocenters. The molecule has 0 aliphatic heterocycles. The van der Waals surface area contributed by atoms with Crippen LogP contribution in [0.1, 0.15) is 16.7 Å². The number of hydrogen-bond donors (Lipinski definition) is 0. The zero-order valence-corrected chi connectivity index (χ0v) is 14.9. The molecule has 2 heteroatoms. The molecular weight excluding hydrogens is 363 g/mol. The SMILES string of the molecule is [O]=[SnH][C](c1ccccc1)(c1ccccc1)c1ccccc1. The molecule has 3 rings (SSSR count). The van der Waals surface area contributed by atoms with Gasteiger partial charge in [0.25, 0.3) is 0 Å². The van der Waals surface area contributed by atoms with Crippen molar-refractivity contribution in [2.24, 2.45) is 0 Å². The van der Waals surface area contributed by atoms with Crippen LogP contribution in [0.25, 0.3) is 0 Å². The van der Waals surface area contributed by atoms with Gasteiger partial charge in [0.2, 0.25) is 0 Å². The molecule has 0 bridgehead atoms.